The van der Waals surface area contributed by atoms with Crippen LogP contribution in [0.25, 0.3) is 6.08 Å². The third kappa shape index (κ3) is 2.14. The van der Waals surface area contributed by atoms with E-state index in [9.17, 15) is 10.1 Å². The summed E-state index contributed by atoms with van der Waals surface area (Å²) in [6.07, 6.45) is 3.53. The first-order valence-electron chi connectivity index (χ1n) is 3.35. The van der Waals surface area contributed by atoms with E-state index >= 15 is 0 Å². The second kappa shape index (κ2) is 3.99. The van der Waals surface area contributed by atoms with Crippen molar-refractivity contribution < 1.29 is 4.92 Å². The van der Waals surface area contributed by atoms with Gasteiger partial charge in [0.1, 0.15) is 0 Å². The SMILES string of the molecule is NCC=Cc1ccc([N+](=O)[O-])s1. The molecule has 1 aromatic rings. The maximum atomic E-state index is 10.3. The molecular weight excluding hydrogens is 176 g/mol. The normalized spacial score (nSPS) is 10.8. The standard InChI is InChI=1S/C7H8N2O2S/c8-5-1-2-6-3-4-7(12-6)9(10)11/h1-4H,5,8H2. The summed E-state index contributed by atoms with van der Waals surface area (Å²) in [5.74, 6) is 0. The highest BCUT2D eigenvalue weighted by molar-refractivity contribution is 7.16. The Hall–Kier alpha value is -1.20. The average Bonchev–Trinajstić information content (AvgIpc) is 2.48. The predicted octanol–water partition coefficient (Wildman–Crippen LogP) is 1.63. The molecule has 0 bridgehead atoms. The molecule has 0 aromatic carbocycles. The van der Waals surface area contributed by atoms with Crippen LogP contribution in [0.4, 0.5) is 5.00 Å². The van der Waals surface area contributed by atoms with Crippen molar-refractivity contribution in [3.05, 3.63) is 33.2 Å². The second-order valence-electron chi connectivity index (χ2n) is 2.07. The first-order chi connectivity index (χ1) is 5.74. The van der Waals surface area contributed by atoms with E-state index in [0.29, 0.717) is 6.54 Å². The largest absolute Gasteiger partial charge is 0.327 e. The lowest BCUT2D eigenvalue weighted by Crippen LogP contribution is -1.91. The lowest BCUT2D eigenvalue weighted by molar-refractivity contribution is -0.380. The fraction of sp³-hybridized carbons (Fsp3) is 0.143. The van der Waals surface area contributed by atoms with Crippen molar-refractivity contribution in [3.63, 3.8) is 0 Å². The molecule has 2 N–H and O–H groups in total. The van der Waals surface area contributed by atoms with E-state index in [-0.39, 0.29) is 5.00 Å². The Kier molecular flexibility index (Phi) is 2.95. The van der Waals surface area contributed by atoms with Gasteiger partial charge in [-0.3, -0.25) is 10.1 Å². The van der Waals surface area contributed by atoms with E-state index in [0.717, 1.165) is 16.2 Å². The van der Waals surface area contributed by atoms with Crippen LogP contribution in [0.5, 0.6) is 0 Å². The van der Waals surface area contributed by atoms with Crippen LogP contribution < -0.4 is 5.73 Å². The molecule has 12 heavy (non-hydrogen) atoms. The lowest BCUT2D eigenvalue weighted by atomic mass is 10.4. The molecule has 0 amide bonds. The van der Waals surface area contributed by atoms with E-state index in [1.807, 2.05) is 0 Å². The van der Waals surface area contributed by atoms with Crippen molar-refractivity contribution in [3.8, 4) is 0 Å². The van der Waals surface area contributed by atoms with Crippen LogP contribution in [0.15, 0.2) is 18.2 Å². The molecule has 64 valence electrons. The number of rotatable bonds is 3. The van der Waals surface area contributed by atoms with Crippen LogP contribution in [0.1, 0.15) is 4.88 Å². The van der Waals surface area contributed by atoms with Crippen LogP contribution >= 0.6 is 11.3 Å². The number of nitrogens with two attached hydrogens (primary N) is 1. The molecule has 4 nitrogen and oxygen atoms in total. The summed E-state index contributed by atoms with van der Waals surface area (Å²) >= 11 is 1.14. The summed E-state index contributed by atoms with van der Waals surface area (Å²) in [6.45, 7) is 0.450. The monoisotopic (exact) mass is 184 g/mol. The molecular formula is C7H8N2O2S. The molecule has 5 heteroatoms. The van der Waals surface area contributed by atoms with Crippen LogP contribution in [-0.4, -0.2) is 11.5 Å². The molecule has 0 aliphatic carbocycles. The Bertz CT molecular complexity index is 306. The molecule has 1 heterocycles. The Morgan fingerprint density at radius 3 is 2.92 bits per heavy atom. The van der Waals surface area contributed by atoms with Crippen molar-refractivity contribution >= 4 is 22.4 Å². The van der Waals surface area contributed by atoms with E-state index in [1.165, 1.54) is 6.07 Å². The van der Waals surface area contributed by atoms with E-state index < -0.39 is 4.92 Å². The molecule has 0 fully saturated rings. The fourth-order valence-corrected chi connectivity index (χ4v) is 1.47. The third-order valence-corrected chi connectivity index (χ3v) is 2.21. The zero-order valence-electron chi connectivity index (χ0n) is 6.27. The van der Waals surface area contributed by atoms with Gasteiger partial charge in [-0.2, -0.15) is 0 Å². The molecule has 0 radical (unpaired) electrons. The first kappa shape index (κ1) is 8.89. The average molecular weight is 184 g/mol. The van der Waals surface area contributed by atoms with Crippen molar-refractivity contribution in [2.75, 3.05) is 6.54 Å². The van der Waals surface area contributed by atoms with E-state index in [2.05, 4.69) is 0 Å². The zero-order valence-corrected chi connectivity index (χ0v) is 7.08. The van der Waals surface area contributed by atoms with Crippen molar-refractivity contribution in [2.45, 2.75) is 0 Å². The number of thiophene rings is 1. The summed E-state index contributed by atoms with van der Waals surface area (Å²) in [5, 5.41) is 10.4. The van der Waals surface area contributed by atoms with Gasteiger partial charge in [-0.25, -0.2) is 0 Å². The minimum absolute atomic E-state index is 0.159. The van der Waals surface area contributed by atoms with Gasteiger partial charge in [-0.05, 0) is 12.1 Å². The zero-order chi connectivity index (χ0) is 8.97. The molecule has 0 saturated carbocycles. The summed E-state index contributed by atoms with van der Waals surface area (Å²) in [7, 11) is 0. The molecule has 0 spiro atoms. The number of hydrogen-bond donors (Lipinski definition) is 1. The molecule has 0 aliphatic heterocycles. The highest BCUT2D eigenvalue weighted by Crippen LogP contribution is 2.24. The van der Waals surface area contributed by atoms with Crippen molar-refractivity contribution in [1.82, 2.24) is 0 Å². The molecule has 0 unspecified atom stereocenters. The Morgan fingerprint density at radius 2 is 2.42 bits per heavy atom. The van der Waals surface area contributed by atoms with Gasteiger partial charge >= 0.3 is 5.00 Å². The van der Waals surface area contributed by atoms with Crippen LogP contribution in [0.3, 0.4) is 0 Å². The van der Waals surface area contributed by atoms with Crippen LogP contribution in [0, 0.1) is 10.1 Å². The molecule has 0 saturated heterocycles. The maximum Gasteiger partial charge on any atom is 0.324 e. The first-order valence-corrected chi connectivity index (χ1v) is 4.16. The van der Waals surface area contributed by atoms with Gasteiger partial charge in [0, 0.05) is 17.5 Å². The number of nitrogens with zero attached hydrogens (tertiary/aromatic N) is 1. The predicted molar refractivity (Wildman–Crippen MR) is 49.1 cm³/mol. The summed E-state index contributed by atoms with van der Waals surface area (Å²) < 4.78 is 0. The lowest BCUT2D eigenvalue weighted by Gasteiger charge is -1.81. The van der Waals surface area contributed by atoms with E-state index in [1.54, 1.807) is 18.2 Å². The maximum absolute atomic E-state index is 10.3. The molecule has 1 rings (SSSR count). The smallest absolute Gasteiger partial charge is 0.324 e. The van der Waals surface area contributed by atoms with E-state index in [4.69, 9.17) is 5.73 Å². The Morgan fingerprint density at radius 1 is 1.67 bits per heavy atom. The highest BCUT2D eigenvalue weighted by atomic mass is 32.1. The molecule has 0 atom stereocenters. The van der Waals surface area contributed by atoms with Gasteiger partial charge in [0.25, 0.3) is 0 Å². The quantitative estimate of drug-likeness (QED) is 0.573. The highest BCUT2D eigenvalue weighted by Gasteiger charge is 2.06. The van der Waals surface area contributed by atoms with Crippen molar-refractivity contribution in [1.29, 1.82) is 0 Å². The molecule has 0 aliphatic rings. The summed E-state index contributed by atoms with van der Waals surface area (Å²) in [5.41, 5.74) is 5.23. The third-order valence-electron chi connectivity index (χ3n) is 1.21. The summed E-state index contributed by atoms with van der Waals surface area (Å²) in [6, 6.07) is 3.19. The van der Waals surface area contributed by atoms with Gasteiger partial charge in [0.05, 0.1) is 4.92 Å². The minimum Gasteiger partial charge on any atom is -0.327 e. The van der Waals surface area contributed by atoms with Gasteiger partial charge in [-0.15, -0.1) is 0 Å². The summed E-state index contributed by atoms with van der Waals surface area (Å²) in [4.78, 5) is 10.7. The van der Waals surface area contributed by atoms with Crippen molar-refractivity contribution in [2.24, 2.45) is 5.73 Å². The fourth-order valence-electron chi connectivity index (χ4n) is 0.714. The Labute approximate surface area is 73.5 Å². The minimum atomic E-state index is -0.398. The van der Waals surface area contributed by atoms with Gasteiger partial charge in [0.2, 0.25) is 0 Å². The number of hydrogen-bond acceptors (Lipinski definition) is 4. The second-order valence-corrected chi connectivity index (χ2v) is 3.16. The van der Waals surface area contributed by atoms with Crippen LogP contribution in [-0.2, 0) is 0 Å². The van der Waals surface area contributed by atoms with Gasteiger partial charge < -0.3 is 5.73 Å². The van der Waals surface area contributed by atoms with Gasteiger partial charge in [0.15, 0.2) is 0 Å². The van der Waals surface area contributed by atoms with Gasteiger partial charge in [-0.1, -0.05) is 17.4 Å². The number of nitro groups is 1. The Balaban J connectivity index is 2.77. The topological polar surface area (TPSA) is 69.2 Å². The molecule has 1 aromatic heterocycles. The van der Waals surface area contributed by atoms with Crippen LogP contribution in [0.2, 0.25) is 0 Å².